The van der Waals surface area contributed by atoms with E-state index < -0.39 is 11.4 Å². The third-order valence-corrected chi connectivity index (χ3v) is 8.44. The van der Waals surface area contributed by atoms with Crippen molar-refractivity contribution in [2.24, 2.45) is 5.92 Å². The van der Waals surface area contributed by atoms with Crippen molar-refractivity contribution < 1.29 is 23.5 Å². The number of benzene rings is 1. The predicted molar refractivity (Wildman–Crippen MR) is 157 cm³/mol. The van der Waals surface area contributed by atoms with Crippen LogP contribution in [-0.4, -0.2) is 41.6 Å². The van der Waals surface area contributed by atoms with Gasteiger partial charge in [0.2, 0.25) is 5.91 Å². The fraction of sp³-hybridized carbons (Fsp3) is 0.562. The van der Waals surface area contributed by atoms with E-state index >= 15 is 0 Å². The minimum atomic E-state index is -0.600. The third-order valence-electron chi connectivity index (χ3n) is 8.13. The average Bonchev–Trinajstić information content (AvgIpc) is 2.95. The quantitative estimate of drug-likeness (QED) is 0.366. The summed E-state index contributed by atoms with van der Waals surface area (Å²) >= 11 is 5.75. The fourth-order valence-corrected chi connectivity index (χ4v) is 6.25. The molecule has 2 bridgehead atoms. The SMILES string of the molecule is N#Cc1ccc(COCC(=O)NC2CCCCCCCCCC3CC(NC(=O)COc4ccc(Cl)c(F)c4)(C3)C2)cn1. The minimum absolute atomic E-state index is 0.00400. The molecule has 0 radical (unpaired) electrons. The monoisotopic (exact) mass is 598 g/mol. The molecule has 0 aliphatic heterocycles. The molecule has 3 saturated carbocycles. The molecule has 3 fully saturated rings. The first kappa shape index (κ1) is 31.7. The first-order valence-electron chi connectivity index (χ1n) is 15.0. The van der Waals surface area contributed by atoms with Crippen LogP contribution in [0.15, 0.2) is 36.5 Å². The Morgan fingerprint density at radius 1 is 1.00 bits per heavy atom. The van der Waals surface area contributed by atoms with Gasteiger partial charge in [-0.05, 0) is 55.4 Å². The molecule has 1 aromatic heterocycles. The summed E-state index contributed by atoms with van der Waals surface area (Å²) in [6, 6.07) is 9.35. The Balaban J connectivity index is 1.35. The number of hydrogen-bond acceptors (Lipinski definition) is 6. The number of carbonyl (C=O) groups excluding carboxylic acids is 2. The highest BCUT2D eigenvalue weighted by Gasteiger charge is 2.46. The van der Waals surface area contributed by atoms with Crippen LogP contribution in [-0.2, 0) is 20.9 Å². The van der Waals surface area contributed by atoms with Crippen LogP contribution >= 0.6 is 11.6 Å². The molecule has 5 rings (SSSR count). The molecule has 1 heterocycles. The molecular weight excluding hydrogens is 559 g/mol. The summed E-state index contributed by atoms with van der Waals surface area (Å²) in [7, 11) is 0. The molecule has 2 N–H and O–H groups in total. The second-order valence-corrected chi connectivity index (χ2v) is 12.1. The smallest absolute Gasteiger partial charge is 0.258 e. The summed E-state index contributed by atoms with van der Waals surface area (Å²) in [5.41, 5.74) is 0.688. The Bertz CT molecular complexity index is 1230. The maximum atomic E-state index is 13.8. The maximum absolute atomic E-state index is 13.8. The summed E-state index contributed by atoms with van der Waals surface area (Å²) in [5.74, 6) is -0.288. The number of pyridine rings is 1. The van der Waals surface area contributed by atoms with E-state index in [0.29, 0.717) is 18.0 Å². The van der Waals surface area contributed by atoms with Crippen molar-refractivity contribution in [2.45, 2.75) is 95.2 Å². The highest BCUT2D eigenvalue weighted by Crippen LogP contribution is 2.44. The highest BCUT2D eigenvalue weighted by atomic mass is 35.5. The molecule has 10 heteroatoms. The first-order valence-corrected chi connectivity index (χ1v) is 15.3. The van der Waals surface area contributed by atoms with E-state index in [4.69, 9.17) is 26.3 Å². The molecule has 3 aliphatic carbocycles. The van der Waals surface area contributed by atoms with Crippen LogP contribution in [0.2, 0.25) is 5.02 Å². The van der Waals surface area contributed by atoms with Crippen LogP contribution < -0.4 is 15.4 Å². The van der Waals surface area contributed by atoms with Crippen LogP contribution in [0, 0.1) is 23.1 Å². The van der Waals surface area contributed by atoms with Gasteiger partial charge in [0.15, 0.2) is 6.61 Å². The third kappa shape index (κ3) is 9.95. The number of fused-ring (bicyclic) bond motifs is 10. The van der Waals surface area contributed by atoms with Gasteiger partial charge in [0, 0.05) is 23.8 Å². The van der Waals surface area contributed by atoms with Gasteiger partial charge in [-0.3, -0.25) is 9.59 Å². The molecule has 42 heavy (non-hydrogen) atoms. The molecule has 2 amide bonds. The number of ether oxygens (including phenoxy) is 2. The summed E-state index contributed by atoms with van der Waals surface area (Å²) < 4.78 is 25.0. The highest BCUT2D eigenvalue weighted by molar-refractivity contribution is 6.30. The standard InChI is InChI=1S/C32H40ClFN4O4/c33-28-13-12-27(14-29(28)34)42-22-31(40)38-32-15-23(16-32)8-6-4-2-1-3-5-7-9-25(17-32)37-30(39)21-41-20-24-10-11-26(18-35)36-19-24/h10-14,19,23,25H,1-9,15-17,20-22H2,(H,37,39)(H,38,40). The van der Waals surface area contributed by atoms with Crippen molar-refractivity contribution in [3.8, 4) is 11.8 Å². The molecule has 8 nitrogen and oxygen atoms in total. The van der Waals surface area contributed by atoms with Gasteiger partial charge in [0.05, 0.1) is 11.6 Å². The molecular formula is C32H40ClFN4O4. The van der Waals surface area contributed by atoms with Gasteiger partial charge in [-0.25, -0.2) is 9.37 Å². The van der Waals surface area contributed by atoms with E-state index in [1.165, 1.54) is 50.3 Å². The number of carbonyl (C=O) groups is 2. The van der Waals surface area contributed by atoms with Crippen molar-refractivity contribution in [1.29, 1.82) is 5.26 Å². The van der Waals surface area contributed by atoms with Gasteiger partial charge in [-0.15, -0.1) is 0 Å². The Morgan fingerprint density at radius 2 is 1.74 bits per heavy atom. The predicted octanol–water partition coefficient (Wildman–Crippen LogP) is 6.01. The Kier molecular flexibility index (Phi) is 12.0. The molecule has 1 unspecified atom stereocenters. The molecule has 2 aromatic rings. The molecule has 0 spiro atoms. The lowest BCUT2D eigenvalue weighted by Gasteiger charge is -2.50. The first-order chi connectivity index (χ1) is 20.3. The van der Waals surface area contributed by atoms with Crippen LogP contribution in [0.3, 0.4) is 0 Å². The molecule has 3 aliphatic rings. The largest absolute Gasteiger partial charge is 0.484 e. The summed E-state index contributed by atoms with van der Waals surface area (Å²) in [4.78, 5) is 29.9. The molecule has 1 atom stereocenters. The molecule has 226 valence electrons. The maximum Gasteiger partial charge on any atom is 0.258 e. The topological polar surface area (TPSA) is 113 Å². The van der Waals surface area contributed by atoms with Crippen molar-refractivity contribution >= 4 is 23.4 Å². The van der Waals surface area contributed by atoms with Gasteiger partial charge in [0.1, 0.15) is 29.9 Å². The Labute approximate surface area is 252 Å². The van der Waals surface area contributed by atoms with Gasteiger partial charge < -0.3 is 20.1 Å². The van der Waals surface area contributed by atoms with Crippen LogP contribution in [0.25, 0.3) is 0 Å². The van der Waals surface area contributed by atoms with E-state index in [-0.39, 0.29) is 48.4 Å². The second-order valence-electron chi connectivity index (χ2n) is 11.6. The lowest BCUT2D eigenvalue weighted by Crippen LogP contribution is -2.61. The second kappa shape index (κ2) is 15.9. The van der Waals surface area contributed by atoms with E-state index in [9.17, 15) is 14.0 Å². The van der Waals surface area contributed by atoms with E-state index in [0.717, 1.165) is 44.1 Å². The molecule has 0 saturated heterocycles. The van der Waals surface area contributed by atoms with Gasteiger partial charge in [-0.1, -0.05) is 69.0 Å². The zero-order valence-electron chi connectivity index (χ0n) is 24.0. The number of nitrogens with zero attached hydrogens (tertiary/aromatic N) is 2. The van der Waals surface area contributed by atoms with E-state index in [1.54, 1.807) is 18.3 Å². The normalized spacial score (nSPS) is 23.0. The van der Waals surface area contributed by atoms with Crippen LogP contribution in [0.5, 0.6) is 5.75 Å². The Morgan fingerprint density at radius 3 is 2.43 bits per heavy atom. The number of hydrogen-bond donors (Lipinski definition) is 2. The van der Waals surface area contributed by atoms with Gasteiger partial charge in [0.25, 0.3) is 5.91 Å². The van der Waals surface area contributed by atoms with Crippen LogP contribution in [0.1, 0.15) is 88.3 Å². The Hall–Kier alpha value is -3.22. The summed E-state index contributed by atoms with van der Waals surface area (Å²) in [5, 5.41) is 15.3. The lowest BCUT2D eigenvalue weighted by molar-refractivity contribution is -0.128. The number of nitrogens with one attached hydrogen (secondary N) is 2. The van der Waals surface area contributed by atoms with Crippen LogP contribution in [0.4, 0.5) is 4.39 Å². The zero-order chi connectivity index (χ0) is 29.8. The number of amides is 2. The van der Waals surface area contributed by atoms with Gasteiger partial charge >= 0.3 is 0 Å². The molecule has 1 aromatic carbocycles. The van der Waals surface area contributed by atoms with Crippen molar-refractivity contribution in [2.75, 3.05) is 13.2 Å². The summed E-state index contributed by atoms with van der Waals surface area (Å²) in [6.07, 6.45) is 14.2. The van der Waals surface area contributed by atoms with Crippen molar-refractivity contribution in [3.05, 3.63) is 58.6 Å². The lowest BCUT2D eigenvalue weighted by atomic mass is 9.63. The van der Waals surface area contributed by atoms with E-state index in [2.05, 4.69) is 15.6 Å². The average molecular weight is 599 g/mol. The van der Waals surface area contributed by atoms with Crippen molar-refractivity contribution in [1.82, 2.24) is 15.6 Å². The van der Waals surface area contributed by atoms with Gasteiger partial charge in [-0.2, -0.15) is 5.26 Å². The fourth-order valence-electron chi connectivity index (χ4n) is 6.13. The van der Waals surface area contributed by atoms with E-state index in [1.807, 2.05) is 6.07 Å². The zero-order valence-corrected chi connectivity index (χ0v) is 24.8. The number of rotatable bonds is 9. The number of halogens is 2. The summed E-state index contributed by atoms with van der Waals surface area (Å²) in [6.45, 7) is -0.109. The van der Waals surface area contributed by atoms with Crippen molar-refractivity contribution in [3.63, 3.8) is 0 Å². The number of aromatic nitrogens is 1. The number of nitriles is 1. The minimum Gasteiger partial charge on any atom is -0.484 e.